The molecule has 2 aliphatic rings. The van der Waals surface area contributed by atoms with Gasteiger partial charge in [0.2, 0.25) is 0 Å². The van der Waals surface area contributed by atoms with E-state index in [4.69, 9.17) is 17.3 Å². The van der Waals surface area contributed by atoms with Gasteiger partial charge >= 0.3 is 0 Å². The number of anilines is 1. The third-order valence-electron chi connectivity index (χ3n) is 5.00. The maximum atomic E-state index is 11.6. The van der Waals surface area contributed by atoms with Crippen molar-refractivity contribution < 1.29 is 9.59 Å². The summed E-state index contributed by atoms with van der Waals surface area (Å²) >= 11 is 5.87. The molecule has 0 heterocycles. The predicted molar refractivity (Wildman–Crippen MR) is 106 cm³/mol. The van der Waals surface area contributed by atoms with E-state index >= 15 is 0 Å². The van der Waals surface area contributed by atoms with Crippen molar-refractivity contribution in [1.29, 1.82) is 0 Å². The molecule has 4 rings (SSSR count). The number of hydrogen-bond donors (Lipinski definition) is 1. The van der Waals surface area contributed by atoms with E-state index in [-0.39, 0.29) is 11.6 Å². The van der Waals surface area contributed by atoms with Crippen LogP contribution in [0.1, 0.15) is 70.4 Å². The highest BCUT2D eigenvalue weighted by Crippen LogP contribution is 2.24. The number of Topliss-reactive ketones (excluding diaryl/α,β-unsaturated/α-hetero) is 2. The van der Waals surface area contributed by atoms with E-state index in [1.54, 1.807) is 6.07 Å². The summed E-state index contributed by atoms with van der Waals surface area (Å²) < 4.78 is 0. The Morgan fingerprint density at radius 2 is 1.19 bits per heavy atom. The van der Waals surface area contributed by atoms with Crippen molar-refractivity contribution in [3.8, 4) is 0 Å². The quantitative estimate of drug-likeness (QED) is 0.497. The van der Waals surface area contributed by atoms with Crippen molar-refractivity contribution in [2.24, 2.45) is 0 Å². The Labute approximate surface area is 159 Å². The number of nitrogens with two attached hydrogens (primary N) is 1. The Bertz CT molecular complexity index is 759. The number of carbonyl (C=O) groups excluding carboxylic acids is 2. The summed E-state index contributed by atoms with van der Waals surface area (Å²) in [5, 5.41) is 0.730. The largest absolute Gasteiger partial charge is 0.399 e. The smallest absolute Gasteiger partial charge is 0.163 e. The van der Waals surface area contributed by atoms with E-state index in [1.807, 2.05) is 30.3 Å². The van der Waals surface area contributed by atoms with Gasteiger partial charge in [-0.2, -0.15) is 0 Å². The molecule has 0 bridgehead atoms. The second-order valence-electron chi connectivity index (χ2n) is 6.98. The first-order valence-electron chi connectivity index (χ1n) is 9.28. The fourth-order valence-corrected chi connectivity index (χ4v) is 3.80. The predicted octanol–water partition coefficient (Wildman–Crippen LogP) is 5.43. The molecule has 0 saturated carbocycles. The molecule has 0 amide bonds. The van der Waals surface area contributed by atoms with Gasteiger partial charge in [-0.05, 0) is 86.1 Å². The van der Waals surface area contributed by atoms with Gasteiger partial charge in [-0.1, -0.05) is 11.6 Å². The van der Waals surface area contributed by atoms with Gasteiger partial charge in [0.1, 0.15) is 0 Å². The molecule has 0 saturated heterocycles. The van der Waals surface area contributed by atoms with Crippen LogP contribution in [0.15, 0.2) is 36.4 Å². The molecule has 2 aromatic carbocycles. The molecule has 0 aliphatic heterocycles. The first kappa shape index (κ1) is 18.7. The van der Waals surface area contributed by atoms with Gasteiger partial charge in [0.15, 0.2) is 11.6 Å². The molecule has 4 heteroatoms. The summed E-state index contributed by atoms with van der Waals surface area (Å²) in [7, 11) is 0. The minimum atomic E-state index is 0.268. The zero-order chi connectivity index (χ0) is 18.5. The van der Waals surface area contributed by atoms with Crippen LogP contribution in [0, 0.1) is 0 Å². The van der Waals surface area contributed by atoms with Crippen LogP contribution >= 0.6 is 11.6 Å². The number of hydrogen-bond acceptors (Lipinski definition) is 3. The average Bonchev–Trinajstić information content (AvgIpc) is 2.91. The molecule has 2 aromatic rings. The van der Waals surface area contributed by atoms with Crippen LogP contribution in [-0.2, 0) is 12.8 Å². The number of rotatable bonds is 0. The average molecular weight is 370 g/mol. The van der Waals surface area contributed by atoms with E-state index < -0.39 is 0 Å². The molecule has 0 spiro atoms. The number of benzene rings is 2. The van der Waals surface area contributed by atoms with Crippen LogP contribution in [0.5, 0.6) is 0 Å². The van der Waals surface area contributed by atoms with Crippen molar-refractivity contribution in [2.75, 3.05) is 5.73 Å². The lowest BCUT2D eigenvalue weighted by Crippen LogP contribution is -2.00. The summed E-state index contributed by atoms with van der Waals surface area (Å²) in [5.41, 5.74) is 10.4. The Balaban J connectivity index is 0.000000151. The van der Waals surface area contributed by atoms with Crippen molar-refractivity contribution in [2.45, 2.75) is 51.4 Å². The lowest BCUT2D eigenvalue weighted by Gasteiger charge is -2.04. The number of halogens is 1. The second kappa shape index (κ2) is 8.50. The highest BCUT2D eigenvalue weighted by atomic mass is 35.5. The van der Waals surface area contributed by atoms with Crippen LogP contribution in [-0.4, -0.2) is 11.6 Å². The van der Waals surface area contributed by atoms with Gasteiger partial charge in [0.05, 0.1) is 0 Å². The van der Waals surface area contributed by atoms with Gasteiger partial charge in [-0.25, -0.2) is 0 Å². The van der Waals surface area contributed by atoms with Gasteiger partial charge in [0.25, 0.3) is 0 Å². The van der Waals surface area contributed by atoms with Crippen LogP contribution in [0.3, 0.4) is 0 Å². The summed E-state index contributed by atoms with van der Waals surface area (Å²) in [6, 6.07) is 11.2. The molecule has 0 aromatic heterocycles. The lowest BCUT2D eigenvalue weighted by molar-refractivity contribution is 0.0974. The lowest BCUT2D eigenvalue weighted by atomic mass is 10.0. The number of fused-ring (bicyclic) bond motifs is 2. The maximum absolute atomic E-state index is 11.6. The molecule has 3 nitrogen and oxygen atoms in total. The molecule has 0 atom stereocenters. The number of nitrogen functional groups attached to an aromatic ring is 1. The Kier molecular flexibility index (Phi) is 6.10. The van der Waals surface area contributed by atoms with E-state index in [0.717, 1.165) is 71.5 Å². The van der Waals surface area contributed by atoms with Crippen molar-refractivity contribution >= 4 is 28.9 Å². The summed E-state index contributed by atoms with van der Waals surface area (Å²) in [5.74, 6) is 0.539. The highest BCUT2D eigenvalue weighted by molar-refractivity contribution is 6.30. The van der Waals surface area contributed by atoms with Gasteiger partial charge < -0.3 is 5.73 Å². The zero-order valence-electron chi connectivity index (χ0n) is 14.9. The molecule has 2 aliphatic carbocycles. The summed E-state index contributed by atoms with van der Waals surface area (Å²) in [6.07, 6.45) is 7.57. The second-order valence-corrected chi connectivity index (χ2v) is 7.42. The monoisotopic (exact) mass is 369 g/mol. The van der Waals surface area contributed by atoms with Gasteiger partial charge in [-0.15, -0.1) is 0 Å². The van der Waals surface area contributed by atoms with E-state index in [2.05, 4.69) is 0 Å². The first-order chi connectivity index (χ1) is 12.5. The number of ketones is 2. The van der Waals surface area contributed by atoms with Crippen LogP contribution in [0.4, 0.5) is 5.69 Å². The summed E-state index contributed by atoms with van der Waals surface area (Å²) in [4.78, 5) is 23.1. The fourth-order valence-electron chi connectivity index (χ4n) is 3.61. The SMILES string of the molecule is Nc1ccc2c(c1)CCCCC2=O.O=C1CCCCc2cc(Cl)ccc21. The van der Waals surface area contributed by atoms with Gasteiger partial charge in [0, 0.05) is 34.7 Å². The molecule has 136 valence electrons. The first-order valence-corrected chi connectivity index (χ1v) is 9.65. The topological polar surface area (TPSA) is 60.2 Å². The molecule has 0 unspecified atom stereocenters. The molecule has 0 fully saturated rings. The van der Waals surface area contributed by atoms with E-state index in [1.165, 1.54) is 0 Å². The molecule has 2 N–H and O–H groups in total. The fraction of sp³-hybridized carbons (Fsp3) is 0.364. The van der Waals surface area contributed by atoms with Crippen LogP contribution < -0.4 is 5.73 Å². The Morgan fingerprint density at radius 3 is 1.81 bits per heavy atom. The van der Waals surface area contributed by atoms with E-state index in [9.17, 15) is 9.59 Å². The molecular weight excluding hydrogens is 346 g/mol. The minimum absolute atomic E-state index is 0.268. The Morgan fingerprint density at radius 1 is 0.692 bits per heavy atom. The van der Waals surface area contributed by atoms with Crippen molar-refractivity contribution in [3.05, 3.63) is 63.7 Å². The molecule has 0 radical (unpaired) electrons. The van der Waals surface area contributed by atoms with Crippen LogP contribution in [0.2, 0.25) is 5.02 Å². The Hall–Kier alpha value is -2.13. The zero-order valence-corrected chi connectivity index (χ0v) is 15.6. The number of carbonyl (C=O) groups is 2. The van der Waals surface area contributed by atoms with Crippen molar-refractivity contribution in [3.63, 3.8) is 0 Å². The molecule has 26 heavy (non-hydrogen) atoms. The maximum Gasteiger partial charge on any atom is 0.163 e. The third-order valence-corrected chi connectivity index (χ3v) is 5.23. The standard InChI is InChI=1S/C11H11ClO.C11H13NO/c2*12-9-5-6-10-8(7-9)3-1-2-4-11(10)13/h5-7H,1-4H2;5-7H,1-4,12H2. The highest BCUT2D eigenvalue weighted by Gasteiger charge is 2.15. The number of aryl methyl sites for hydroxylation is 2. The van der Waals surface area contributed by atoms with Crippen LogP contribution in [0.25, 0.3) is 0 Å². The van der Waals surface area contributed by atoms with Crippen molar-refractivity contribution in [1.82, 2.24) is 0 Å². The third kappa shape index (κ3) is 4.53. The molecular formula is C22H24ClNO2. The van der Waals surface area contributed by atoms with E-state index in [0.29, 0.717) is 12.8 Å². The van der Waals surface area contributed by atoms with Gasteiger partial charge in [-0.3, -0.25) is 9.59 Å². The normalized spacial score (nSPS) is 16.5. The minimum Gasteiger partial charge on any atom is -0.399 e. The summed E-state index contributed by atoms with van der Waals surface area (Å²) in [6.45, 7) is 0.